The number of benzene rings is 1. The highest BCUT2D eigenvalue weighted by Crippen LogP contribution is 2.37. The first-order chi connectivity index (χ1) is 9.22. The summed E-state index contributed by atoms with van der Waals surface area (Å²) in [7, 11) is 0. The molecule has 3 aromatic rings. The third-order valence-electron chi connectivity index (χ3n) is 3.06. The standard InChI is InChI=1S/C14H13N3O2/c1-2-17-13-9(5-4-8-15-13)16-14(17)12-10(18)6-3-7-11(12)19/h3-8,18-19H,2H2,1H3. The molecule has 0 saturated carbocycles. The van der Waals surface area contributed by atoms with Gasteiger partial charge in [0.25, 0.3) is 0 Å². The van der Waals surface area contributed by atoms with Crippen molar-refractivity contribution in [1.29, 1.82) is 0 Å². The molecule has 2 aromatic heterocycles. The number of aromatic nitrogens is 3. The molecule has 1 aromatic carbocycles. The fourth-order valence-corrected chi connectivity index (χ4v) is 2.21. The van der Waals surface area contributed by atoms with Gasteiger partial charge in [0, 0.05) is 12.7 Å². The third-order valence-corrected chi connectivity index (χ3v) is 3.06. The maximum absolute atomic E-state index is 9.96. The highest BCUT2D eigenvalue weighted by atomic mass is 16.3. The lowest BCUT2D eigenvalue weighted by molar-refractivity contribution is 0.453. The van der Waals surface area contributed by atoms with Crippen LogP contribution >= 0.6 is 0 Å². The van der Waals surface area contributed by atoms with E-state index >= 15 is 0 Å². The summed E-state index contributed by atoms with van der Waals surface area (Å²) in [6.07, 6.45) is 1.70. The molecular weight excluding hydrogens is 242 g/mol. The predicted octanol–water partition coefficient (Wildman–Crippen LogP) is 2.53. The van der Waals surface area contributed by atoms with Gasteiger partial charge in [-0.1, -0.05) is 6.07 Å². The van der Waals surface area contributed by atoms with Crippen LogP contribution in [0.1, 0.15) is 6.92 Å². The summed E-state index contributed by atoms with van der Waals surface area (Å²) >= 11 is 0. The zero-order valence-electron chi connectivity index (χ0n) is 10.4. The molecule has 0 radical (unpaired) electrons. The summed E-state index contributed by atoms with van der Waals surface area (Å²) in [5.74, 6) is 0.529. The van der Waals surface area contributed by atoms with Crippen LogP contribution < -0.4 is 0 Å². The van der Waals surface area contributed by atoms with Crippen LogP contribution in [0.5, 0.6) is 11.5 Å². The third kappa shape index (κ3) is 1.71. The summed E-state index contributed by atoms with van der Waals surface area (Å²) in [5.41, 5.74) is 1.81. The molecule has 5 heteroatoms. The molecule has 0 fully saturated rings. The molecule has 5 nitrogen and oxygen atoms in total. The van der Waals surface area contributed by atoms with Gasteiger partial charge in [0.2, 0.25) is 0 Å². The Morgan fingerprint density at radius 2 is 1.84 bits per heavy atom. The number of phenolic OH excluding ortho intramolecular Hbond substituents is 2. The first kappa shape index (κ1) is 11.5. The molecule has 0 unspecified atom stereocenters. The number of imidazole rings is 1. The van der Waals surface area contributed by atoms with Crippen LogP contribution in [-0.4, -0.2) is 24.7 Å². The minimum Gasteiger partial charge on any atom is -0.507 e. The summed E-state index contributed by atoms with van der Waals surface area (Å²) in [6.45, 7) is 2.62. The first-order valence-corrected chi connectivity index (χ1v) is 6.05. The molecule has 3 rings (SSSR count). The number of hydrogen-bond donors (Lipinski definition) is 2. The van der Waals surface area contributed by atoms with Gasteiger partial charge in [-0.25, -0.2) is 9.97 Å². The average molecular weight is 255 g/mol. The van der Waals surface area contributed by atoms with Crippen molar-refractivity contribution >= 4 is 11.2 Å². The van der Waals surface area contributed by atoms with Crippen molar-refractivity contribution in [3.8, 4) is 22.9 Å². The van der Waals surface area contributed by atoms with Crippen molar-refractivity contribution in [1.82, 2.24) is 14.5 Å². The van der Waals surface area contributed by atoms with Gasteiger partial charge >= 0.3 is 0 Å². The summed E-state index contributed by atoms with van der Waals surface area (Å²) in [4.78, 5) is 8.75. The Kier molecular flexibility index (Phi) is 2.59. The molecule has 0 spiro atoms. The van der Waals surface area contributed by atoms with Crippen molar-refractivity contribution in [2.45, 2.75) is 13.5 Å². The van der Waals surface area contributed by atoms with E-state index in [0.717, 1.165) is 11.2 Å². The van der Waals surface area contributed by atoms with E-state index in [0.29, 0.717) is 17.9 Å². The minimum absolute atomic E-state index is 0.00464. The summed E-state index contributed by atoms with van der Waals surface area (Å²) < 4.78 is 1.87. The zero-order valence-corrected chi connectivity index (χ0v) is 10.4. The molecule has 2 heterocycles. The summed E-state index contributed by atoms with van der Waals surface area (Å²) in [5, 5.41) is 19.9. The molecule has 0 aliphatic heterocycles. The number of hydrogen-bond acceptors (Lipinski definition) is 4. The van der Waals surface area contributed by atoms with Crippen LogP contribution in [0.25, 0.3) is 22.6 Å². The van der Waals surface area contributed by atoms with Crippen LogP contribution in [0, 0.1) is 0 Å². The molecule has 0 atom stereocenters. The molecule has 2 N–H and O–H groups in total. The van der Waals surface area contributed by atoms with Gasteiger partial charge in [-0.05, 0) is 31.2 Å². The van der Waals surface area contributed by atoms with Crippen molar-refractivity contribution in [3.05, 3.63) is 36.5 Å². The monoisotopic (exact) mass is 255 g/mol. The lowest BCUT2D eigenvalue weighted by Gasteiger charge is -2.08. The number of rotatable bonds is 2. The summed E-state index contributed by atoms with van der Waals surface area (Å²) in [6, 6.07) is 8.31. The van der Waals surface area contributed by atoms with E-state index in [-0.39, 0.29) is 11.5 Å². The van der Waals surface area contributed by atoms with Gasteiger partial charge in [0.05, 0.1) is 0 Å². The number of nitrogens with zero attached hydrogens (tertiary/aromatic N) is 3. The number of aromatic hydroxyl groups is 2. The van der Waals surface area contributed by atoms with E-state index in [1.165, 1.54) is 12.1 Å². The topological polar surface area (TPSA) is 71.2 Å². The number of phenols is 2. The Labute approximate surface area is 109 Å². The van der Waals surface area contributed by atoms with Crippen molar-refractivity contribution in [2.24, 2.45) is 0 Å². The van der Waals surface area contributed by atoms with Gasteiger partial charge in [-0.2, -0.15) is 0 Å². The molecule has 96 valence electrons. The lowest BCUT2D eigenvalue weighted by atomic mass is 10.1. The smallest absolute Gasteiger partial charge is 0.160 e. The Bertz CT molecular complexity index is 729. The molecule has 0 aliphatic rings. The highest BCUT2D eigenvalue weighted by molar-refractivity contribution is 5.81. The second-order valence-corrected chi connectivity index (χ2v) is 4.20. The molecule has 0 saturated heterocycles. The quantitative estimate of drug-likeness (QED) is 0.738. The molecule has 0 bridgehead atoms. The van der Waals surface area contributed by atoms with Crippen molar-refractivity contribution in [2.75, 3.05) is 0 Å². The van der Waals surface area contributed by atoms with E-state index in [4.69, 9.17) is 0 Å². The zero-order chi connectivity index (χ0) is 13.4. The molecule has 19 heavy (non-hydrogen) atoms. The fraction of sp³-hybridized carbons (Fsp3) is 0.143. The van der Waals surface area contributed by atoms with Gasteiger partial charge in [-0.3, -0.25) is 0 Å². The van der Waals surface area contributed by atoms with E-state index in [2.05, 4.69) is 9.97 Å². The Morgan fingerprint density at radius 3 is 2.53 bits per heavy atom. The minimum atomic E-state index is 0.00464. The predicted molar refractivity (Wildman–Crippen MR) is 72.0 cm³/mol. The van der Waals surface area contributed by atoms with Crippen LogP contribution in [-0.2, 0) is 6.54 Å². The van der Waals surface area contributed by atoms with Crippen LogP contribution in [0.3, 0.4) is 0 Å². The largest absolute Gasteiger partial charge is 0.507 e. The maximum atomic E-state index is 9.96. The van der Waals surface area contributed by atoms with Crippen LogP contribution in [0.15, 0.2) is 36.5 Å². The second-order valence-electron chi connectivity index (χ2n) is 4.20. The van der Waals surface area contributed by atoms with Crippen molar-refractivity contribution in [3.63, 3.8) is 0 Å². The van der Waals surface area contributed by atoms with Crippen molar-refractivity contribution < 1.29 is 10.2 Å². The Hall–Kier alpha value is -2.56. The van der Waals surface area contributed by atoms with Crippen LogP contribution in [0.2, 0.25) is 0 Å². The molecule has 0 aliphatic carbocycles. The van der Waals surface area contributed by atoms with Gasteiger partial charge < -0.3 is 14.8 Å². The molecular formula is C14H13N3O2. The second kappa shape index (κ2) is 4.28. The Balaban J connectivity index is 2.37. The molecule has 0 amide bonds. The first-order valence-electron chi connectivity index (χ1n) is 6.05. The normalized spacial score (nSPS) is 11.0. The number of aryl methyl sites for hydroxylation is 1. The van der Waals surface area contributed by atoms with E-state index in [9.17, 15) is 10.2 Å². The van der Waals surface area contributed by atoms with E-state index < -0.39 is 0 Å². The van der Waals surface area contributed by atoms with Gasteiger partial charge in [-0.15, -0.1) is 0 Å². The number of pyridine rings is 1. The maximum Gasteiger partial charge on any atom is 0.160 e. The average Bonchev–Trinajstić information content (AvgIpc) is 2.76. The Morgan fingerprint density at radius 1 is 1.11 bits per heavy atom. The fourth-order valence-electron chi connectivity index (χ4n) is 2.21. The lowest BCUT2D eigenvalue weighted by Crippen LogP contribution is -1.99. The SMILES string of the molecule is CCn1c(-c2c(O)cccc2O)nc2cccnc21. The van der Waals surface area contributed by atoms with Gasteiger partial charge in [0.15, 0.2) is 5.65 Å². The highest BCUT2D eigenvalue weighted by Gasteiger charge is 2.18. The van der Waals surface area contributed by atoms with Crippen LogP contribution in [0.4, 0.5) is 0 Å². The van der Waals surface area contributed by atoms with E-state index in [1.54, 1.807) is 12.3 Å². The van der Waals surface area contributed by atoms with E-state index in [1.807, 2.05) is 23.6 Å². The van der Waals surface area contributed by atoms with Gasteiger partial charge in [0.1, 0.15) is 28.4 Å². The number of fused-ring (bicyclic) bond motifs is 1.